The highest BCUT2D eigenvalue weighted by atomic mass is 31.2. The molecule has 0 aliphatic rings. The van der Waals surface area contributed by atoms with Gasteiger partial charge in [0.25, 0.3) is 0 Å². The van der Waals surface area contributed by atoms with E-state index < -0.39 is 7.44 Å². The van der Waals surface area contributed by atoms with Gasteiger partial charge in [-0.05, 0) is 0 Å². The van der Waals surface area contributed by atoms with Gasteiger partial charge in [-0.15, -0.1) is 0 Å². The molecule has 0 unspecified atom stereocenters. The summed E-state index contributed by atoms with van der Waals surface area (Å²) < 4.78 is 17.3. The first kappa shape index (κ1) is 15.2. The third-order valence-electron chi connectivity index (χ3n) is 2.94. The van der Waals surface area contributed by atoms with Gasteiger partial charge in [-0.1, -0.05) is 41.5 Å². The molecule has 0 saturated carbocycles. The average molecular weight is 234 g/mol. The number of hydrogen-bond acceptors (Lipinski definition) is 1. The van der Waals surface area contributed by atoms with Gasteiger partial charge in [-0.3, -0.25) is 4.57 Å². The van der Waals surface area contributed by atoms with E-state index in [1.54, 1.807) is 0 Å². The lowest BCUT2D eigenvalue weighted by molar-refractivity contribution is 0.352. The lowest BCUT2D eigenvalue weighted by Crippen LogP contribution is -2.35. The van der Waals surface area contributed by atoms with Crippen LogP contribution in [0.1, 0.15) is 41.5 Å². The van der Waals surface area contributed by atoms with Crippen LogP contribution in [-0.4, -0.2) is 41.2 Å². The fourth-order valence-electron chi connectivity index (χ4n) is 2.09. The molecule has 4 heteroatoms. The van der Waals surface area contributed by atoms with Crippen molar-refractivity contribution in [3.8, 4) is 0 Å². The zero-order valence-electron chi connectivity index (χ0n) is 11.2. The summed E-state index contributed by atoms with van der Waals surface area (Å²) in [7, 11) is -2.34. The standard InChI is InChI=1S/C11H27N2OP/c1-7-12(8-2)15(14,11(5)6)13(9-3)10-4/h11H,7-10H2,1-6H3. The summed E-state index contributed by atoms with van der Waals surface area (Å²) in [5.41, 5.74) is 0.206. The molecule has 15 heavy (non-hydrogen) atoms. The molecule has 0 N–H and O–H groups in total. The quantitative estimate of drug-likeness (QED) is 0.632. The average Bonchev–Trinajstić information content (AvgIpc) is 2.21. The van der Waals surface area contributed by atoms with Crippen LogP contribution in [-0.2, 0) is 4.57 Å². The Balaban J connectivity index is 5.11. The molecule has 0 heterocycles. The van der Waals surface area contributed by atoms with Crippen LogP contribution in [0.2, 0.25) is 0 Å². The summed E-state index contributed by atoms with van der Waals surface area (Å²) in [6, 6.07) is 0. The maximum absolute atomic E-state index is 13.1. The van der Waals surface area contributed by atoms with Crippen molar-refractivity contribution < 1.29 is 4.57 Å². The molecular weight excluding hydrogens is 207 g/mol. The third-order valence-corrected chi connectivity index (χ3v) is 7.04. The van der Waals surface area contributed by atoms with Gasteiger partial charge in [0.1, 0.15) is 0 Å². The molecule has 0 aromatic heterocycles. The highest BCUT2D eigenvalue weighted by Gasteiger charge is 2.36. The maximum Gasteiger partial charge on any atom is 0.218 e. The summed E-state index contributed by atoms with van der Waals surface area (Å²) in [6.07, 6.45) is 0. The molecule has 0 aromatic carbocycles. The molecular formula is C11H27N2OP. The SMILES string of the molecule is CCN(CC)P(=O)(C(C)C)N(CC)CC. The van der Waals surface area contributed by atoms with E-state index in [2.05, 4.69) is 50.9 Å². The highest BCUT2D eigenvalue weighted by molar-refractivity contribution is 7.59. The lowest BCUT2D eigenvalue weighted by atomic mass is 10.6. The Morgan fingerprint density at radius 1 is 0.867 bits per heavy atom. The summed E-state index contributed by atoms with van der Waals surface area (Å²) in [6.45, 7) is 15.9. The van der Waals surface area contributed by atoms with E-state index >= 15 is 0 Å². The van der Waals surface area contributed by atoms with Crippen molar-refractivity contribution in [2.24, 2.45) is 0 Å². The van der Waals surface area contributed by atoms with E-state index in [-0.39, 0.29) is 5.66 Å². The molecule has 0 amide bonds. The van der Waals surface area contributed by atoms with Gasteiger partial charge >= 0.3 is 0 Å². The monoisotopic (exact) mass is 234 g/mol. The van der Waals surface area contributed by atoms with Crippen LogP contribution >= 0.6 is 7.44 Å². The summed E-state index contributed by atoms with van der Waals surface area (Å²) >= 11 is 0. The number of hydrogen-bond donors (Lipinski definition) is 0. The zero-order chi connectivity index (χ0) is 12.1. The van der Waals surface area contributed by atoms with Crippen LogP contribution in [0.5, 0.6) is 0 Å². The first-order valence-electron chi connectivity index (χ1n) is 6.09. The highest BCUT2D eigenvalue weighted by Crippen LogP contribution is 2.56. The Morgan fingerprint density at radius 2 is 1.13 bits per heavy atom. The molecule has 0 bridgehead atoms. The van der Waals surface area contributed by atoms with Gasteiger partial charge in [0.05, 0.1) is 0 Å². The first-order chi connectivity index (χ1) is 6.98. The van der Waals surface area contributed by atoms with Crippen LogP contribution in [0.3, 0.4) is 0 Å². The van der Waals surface area contributed by atoms with Crippen molar-refractivity contribution >= 4 is 7.44 Å². The van der Waals surface area contributed by atoms with Crippen molar-refractivity contribution in [2.75, 3.05) is 26.2 Å². The van der Waals surface area contributed by atoms with Crippen LogP contribution in [0.4, 0.5) is 0 Å². The molecule has 0 saturated heterocycles. The fourth-order valence-corrected chi connectivity index (χ4v) is 5.38. The maximum atomic E-state index is 13.1. The lowest BCUT2D eigenvalue weighted by Gasteiger charge is -2.40. The van der Waals surface area contributed by atoms with Crippen LogP contribution < -0.4 is 0 Å². The van der Waals surface area contributed by atoms with E-state index in [9.17, 15) is 4.57 Å². The van der Waals surface area contributed by atoms with Crippen molar-refractivity contribution in [3.63, 3.8) is 0 Å². The second-order valence-electron chi connectivity index (χ2n) is 3.96. The van der Waals surface area contributed by atoms with Crippen molar-refractivity contribution in [1.82, 2.24) is 9.34 Å². The van der Waals surface area contributed by atoms with E-state index in [4.69, 9.17) is 0 Å². The van der Waals surface area contributed by atoms with E-state index in [1.165, 1.54) is 0 Å². The summed E-state index contributed by atoms with van der Waals surface area (Å²) in [5.74, 6) is 0. The second kappa shape index (κ2) is 6.67. The summed E-state index contributed by atoms with van der Waals surface area (Å²) in [5, 5.41) is 0. The van der Waals surface area contributed by atoms with Crippen LogP contribution in [0, 0.1) is 0 Å². The smallest absolute Gasteiger partial charge is 0.218 e. The van der Waals surface area contributed by atoms with Gasteiger partial charge in [0, 0.05) is 31.8 Å². The normalized spacial score (nSPS) is 13.1. The molecule has 92 valence electrons. The van der Waals surface area contributed by atoms with Crippen molar-refractivity contribution in [2.45, 2.75) is 47.2 Å². The van der Waals surface area contributed by atoms with Gasteiger partial charge < -0.3 is 0 Å². The Morgan fingerprint density at radius 3 is 1.27 bits per heavy atom. The minimum Gasteiger partial charge on any atom is -0.289 e. The predicted octanol–water partition coefficient (Wildman–Crippen LogP) is 3.27. The zero-order valence-corrected chi connectivity index (χ0v) is 12.1. The Labute approximate surface area is 95.3 Å². The van der Waals surface area contributed by atoms with E-state index in [0.717, 1.165) is 26.2 Å². The van der Waals surface area contributed by atoms with Crippen molar-refractivity contribution in [3.05, 3.63) is 0 Å². The second-order valence-corrected chi connectivity index (χ2v) is 7.30. The number of nitrogens with zero attached hydrogens (tertiary/aromatic N) is 2. The predicted molar refractivity (Wildman–Crippen MR) is 68.6 cm³/mol. The van der Waals surface area contributed by atoms with E-state index in [0.29, 0.717) is 0 Å². The van der Waals surface area contributed by atoms with Crippen LogP contribution in [0.15, 0.2) is 0 Å². The molecule has 0 radical (unpaired) electrons. The summed E-state index contributed by atoms with van der Waals surface area (Å²) in [4.78, 5) is 0. The Kier molecular flexibility index (Phi) is 6.74. The molecule has 0 aliphatic heterocycles. The minimum atomic E-state index is -2.34. The minimum absolute atomic E-state index is 0.206. The van der Waals surface area contributed by atoms with Crippen LogP contribution in [0.25, 0.3) is 0 Å². The van der Waals surface area contributed by atoms with Gasteiger partial charge in [0.2, 0.25) is 7.44 Å². The fraction of sp³-hybridized carbons (Fsp3) is 1.00. The van der Waals surface area contributed by atoms with Gasteiger partial charge in [-0.25, -0.2) is 9.34 Å². The Bertz CT molecular complexity index is 195. The molecule has 0 rings (SSSR count). The topological polar surface area (TPSA) is 23.6 Å². The molecule has 0 atom stereocenters. The molecule has 0 fully saturated rings. The van der Waals surface area contributed by atoms with Gasteiger partial charge in [-0.2, -0.15) is 0 Å². The molecule has 3 nitrogen and oxygen atoms in total. The van der Waals surface area contributed by atoms with Crippen molar-refractivity contribution in [1.29, 1.82) is 0 Å². The van der Waals surface area contributed by atoms with E-state index in [1.807, 2.05) is 0 Å². The van der Waals surface area contributed by atoms with Gasteiger partial charge in [0.15, 0.2) is 0 Å². The third kappa shape index (κ3) is 3.05. The molecule has 0 aliphatic carbocycles. The molecule has 0 aromatic rings. The number of rotatable bonds is 7. The molecule has 0 spiro atoms. The Hall–Kier alpha value is 0.150. The first-order valence-corrected chi connectivity index (χ1v) is 7.77. The largest absolute Gasteiger partial charge is 0.289 e.